The number of carbonyl (C=O) groups excluding carboxylic acids is 1. The summed E-state index contributed by atoms with van der Waals surface area (Å²) in [5.41, 5.74) is 1.13. The van der Waals surface area contributed by atoms with Crippen LogP contribution in [0.1, 0.15) is 29.5 Å². The van der Waals surface area contributed by atoms with E-state index in [1.54, 1.807) is 0 Å². The van der Waals surface area contributed by atoms with Gasteiger partial charge in [-0.15, -0.1) is 0 Å². The van der Waals surface area contributed by atoms with E-state index in [1.165, 1.54) is 0 Å². The molecule has 3 heteroatoms. The van der Waals surface area contributed by atoms with E-state index in [4.69, 9.17) is 0 Å². The highest BCUT2D eigenvalue weighted by molar-refractivity contribution is 6.01. The molecule has 144 valence electrons. The number of benzene rings is 3. The van der Waals surface area contributed by atoms with Gasteiger partial charge in [0.2, 0.25) is 0 Å². The number of carboxylic acid groups (broad SMARTS) is 1. The fourth-order valence-electron chi connectivity index (χ4n) is 6.10. The average molecular weight is 382 g/mol. The number of ketones is 1. The van der Waals surface area contributed by atoms with E-state index in [0.717, 1.165) is 16.7 Å². The first-order valence-electron chi connectivity index (χ1n) is 10.1. The number of aliphatic carboxylic acids is 1. The highest BCUT2D eigenvalue weighted by Crippen LogP contribution is 2.77. The second-order valence-electron chi connectivity index (χ2n) is 8.10. The normalized spacial score (nSPS) is 25.4. The van der Waals surface area contributed by atoms with Gasteiger partial charge in [0.05, 0.1) is 16.7 Å². The van der Waals surface area contributed by atoms with Gasteiger partial charge in [-0.05, 0) is 29.0 Å². The highest BCUT2D eigenvalue weighted by atomic mass is 16.4. The summed E-state index contributed by atoms with van der Waals surface area (Å²) in [6, 6.07) is 29.9. The zero-order valence-electron chi connectivity index (χ0n) is 16.0. The maximum atomic E-state index is 13.6. The van der Waals surface area contributed by atoms with E-state index < -0.39 is 22.7 Å². The van der Waals surface area contributed by atoms with Crippen LogP contribution < -0.4 is 0 Å². The molecule has 5 rings (SSSR count). The van der Waals surface area contributed by atoms with E-state index in [1.807, 2.05) is 91.0 Å². The van der Waals surface area contributed by atoms with Crippen molar-refractivity contribution in [3.05, 3.63) is 108 Å². The Morgan fingerprint density at radius 1 is 0.793 bits per heavy atom. The monoisotopic (exact) mass is 382 g/mol. The van der Waals surface area contributed by atoms with Crippen LogP contribution in [0.25, 0.3) is 0 Å². The molecular weight excluding hydrogens is 360 g/mol. The largest absolute Gasteiger partial charge is 0.481 e. The van der Waals surface area contributed by atoms with Crippen LogP contribution in [0.5, 0.6) is 0 Å². The third-order valence-electron chi connectivity index (χ3n) is 7.02. The molecule has 0 aliphatic heterocycles. The Balaban J connectivity index is 1.93. The van der Waals surface area contributed by atoms with Crippen LogP contribution in [0.15, 0.2) is 91.0 Å². The molecule has 2 aliphatic rings. The first kappa shape index (κ1) is 17.9. The maximum absolute atomic E-state index is 13.6. The minimum absolute atomic E-state index is 0.0754. The van der Waals surface area contributed by atoms with Gasteiger partial charge < -0.3 is 5.11 Å². The van der Waals surface area contributed by atoms with Crippen LogP contribution >= 0.6 is 0 Å². The van der Waals surface area contributed by atoms with E-state index in [-0.39, 0.29) is 11.7 Å². The average Bonchev–Trinajstić information content (AvgIpc) is 3.34. The SMILES string of the molecule is O=C(O)[C@@H]1[C@@H]2CCC(=O)[C@@]12C(c1ccccc1)(c1ccccc1)c1ccccc1. The Morgan fingerprint density at radius 3 is 1.55 bits per heavy atom. The minimum Gasteiger partial charge on any atom is -0.481 e. The summed E-state index contributed by atoms with van der Waals surface area (Å²) >= 11 is 0. The number of Topliss-reactive ketones (excluding diaryl/α,β-unsaturated/α-hetero) is 1. The molecule has 2 fully saturated rings. The summed E-state index contributed by atoms with van der Waals surface area (Å²) in [6.07, 6.45) is 1.09. The second kappa shape index (κ2) is 6.41. The molecule has 2 saturated carbocycles. The molecule has 0 spiro atoms. The lowest BCUT2D eigenvalue weighted by Crippen LogP contribution is -2.45. The van der Waals surface area contributed by atoms with Crippen LogP contribution in [0.4, 0.5) is 0 Å². The Morgan fingerprint density at radius 2 is 1.21 bits per heavy atom. The molecule has 0 bridgehead atoms. The van der Waals surface area contributed by atoms with E-state index in [9.17, 15) is 14.7 Å². The summed E-state index contributed by atoms with van der Waals surface area (Å²) in [7, 11) is 0. The van der Waals surface area contributed by atoms with Gasteiger partial charge in [-0.1, -0.05) is 91.0 Å². The summed E-state index contributed by atoms with van der Waals surface area (Å²) in [5, 5.41) is 10.1. The van der Waals surface area contributed by atoms with Gasteiger partial charge in [0.1, 0.15) is 5.78 Å². The molecule has 29 heavy (non-hydrogen) atoms. The molecule has 3 aromatic carbocycles. The number of carboxylic acids is 1. The van der Waals surface area contributed by atoms with E-state index in [2.05, 4.69) is 0 Å². The highest BCUT2D eigenvalue weighted by Gasteiger charge is 2.83. The summed E-state index contributed by atoms with van der Waals surface area (Å²) in [4.78, 5) is 25.9. The molecule has 2 aliphatic carbocycles. The van der Waals surface area contributed by atoms with Gasteiger partial charge in [-0.25, -0.2) is 0 Å². The van der Waals surface area contributed by atoms with Crippen molar-refractivity contribution >= 4 is 11.8 Å². The van der Waals surface area contributed by atoms with Crippen molar-refractivity contribution in [1.82, 2.24) is 0 Å². The van der Waals surface area contributed by atoms with Gasteiger partial charge >= 0.3 is 5.97 Å². The Labute approximate surface area is 170 Å². The van der Waals surface area contributed by atoms with Gasteiger partial charge in [0.15, 0.2) is 0 Å². The molecule has 0 radical (unpaired) electrons. The van der Waals surface area contributed by atoms with Gasteiger partial charge in [0, 0.05) is 6.42 Å². The Hall–Kier alpha value is -3.20. The number of hydrogen-bond donors (Lipinski definition) is 1. The van der Waals surface area contributed by atoms with Crippen molar-refractivity contribution in [1.29, 1.82) is 0 Å². The fourth-order valence-corrected chi connectivity index (χ4v) is 6.10. The minimum atomic E-state index is -0.955. The molecule has 3 atom stereocenters. The molecule has 0 heterocycles. The van der Waals surface area contributed by atoms with Crippen molar-refractivity contribution in [2.75, 3.05) is 0 Å². The third-order valence-corrected chi connectivity index (χ3v) is 7.02. The quantitative estimate of drug-likeness (QED) is 0.651. The van der Waals surface area contributed by atoms with Crippen LogP contribution in [-0.2, 0) is 15.0 Å². The van der Waals surface area contributed by atoms with Crippen molar-refractivity contribution < 1.29 is 14.7 Å². The van der Waals surface area contributed by atoms with E-state index in [0.29, 0.717) is 12.8 Å². The molecule has 3 nitrogen and oxygen atoms in total. The number of hydrogen-bond acceptors (Lipinski definition) is 2. The Kier molecular flexibility index (Phi) is 3.95. The van der Waals surface area contributed by atoms with Crippen LogP contribution in [0.3, 0.4) is 0 Å². The lowest BCUT2D eigenvalue weighted by molar-refractivity contribution is -0.142. The van der Waals surface area contributed by atoms with Crippen molar-refractivity contribution in [2.24, 2.45) is 17.3 Å². The van der Waals surface area contributed by atoms with E-state index >= 15 is 0 Å². The number of rotatable bonds is 5. The second-order valence-corrected chi connectivity index (χ2v) is 8.10. The summed E-state index contributed by atoms with van der Waals surface area (Å²) in [6.45, 7) is 0. The lowest BCUT2D eigenvalue weighted by atomic mass is 9.57. The lowest BCUT2D eigenvalue weighted by Gasteiger charge is -2.42. The number of fused-ring (bicyclic) bond motifs is 1. The predicted octanol–water partition coefficient (Wildman–Crippen LogP) is 4.70. The molecule has 0 aromatic heterocycles. The predicted molar refractivity (Wildman–Crippen MR) is 110 cm³/mol. The smallest absolute Gasteiger partial charge is 0.307 e. The van der Waals surface area contributed by atoms with Gasteiger partial charge in [0.25, 0.3) is 0 Å². The topological polar surface area (TPSA) is 54.4 Å². The first-order chi connectivity index (χ1) is 14.1. The first-order valence-corrected chi connectivity index (χ1v) is 10.1. The van der Waals surface area contributed by atoms with Gasteiger partial charge in [-0.3, -0.25) is 9.59 Å². The third kappa shape index (κ3) is 2.19. The maximum Gasteiger partial charge on any atom is 0.307 e. The van der Waals surface area contributed by atoms with Gasteiger partial charge in [-0.2, -0.15) is 0 Å². The number of carbonyl (C=O) groups is 2. The van der Waals surface area contributed by atoms with Crippen molar-refractivity contribution in [2.45, 2.75) is 18.3 Å². The summed E-state index contributed by atoms with van der Waals surface area (Å²) in [5.74, 6) is -1.60. The summed E-state index contributed by atoms with van der Waals surface area (Å²) < 4.78 is 0. The van der Waals surface area contributed by atoms with Crippen LogP contribution in [0, 0.1) is 17.3 Å². The van der Waals surface area contributed by atoms with Crippen LogP contribution in [-0.4, -0.2) is 16.9 Å². The zero-order valence-corrected chi connectivity index (χ0v) is 16.0. The molecule has 0 saturated heterocycles. The Bertz CT molecular complexity index is 962. The molecule has 3 aromatic rings. The molecule has 0 amide bonds. The van der Waals surface area contributed by atoms with Crippen LogP contribution in [0.2, 0.25) is 0 Å². The van der Waals surface area contributed by atoms with Crippen molar-refractivity contribution in [3.8, 4) is 0 Å². The zero-order chi connectivity index (χ0) is 20.1. The molecule has 1 N–H and O–H groups in total. The standard InChI is InChI=1S/C26H22O3/c27-22-17-16-21-23(24(28)29)26(21,22)25(18-10-4-1-5-11-18,19-12-6-2-7-13-19)20-14-8-3-9-15-20/h1-15,21,23H,16-17H2,(H,28,29)/t21-,23-,26+/m0/s1. The van der Waals surface area contributed by atoms with Crippen molar-refractivity contribution in [3.63, 3.8) is 0 Å². The fraction of sp³-hybridized carbons (Fsp3) is 0.231. The molecular formula is C26H22O3. The molecule has 0 unspecified atom stereocenters.